The number of nitrogens with zero attached hydrogens (tertiary/aromatic N) is 1. The lowest BCUT2D eigenvalue weighted by atomic mass is 9.99. The third-order valence-electron chi connectivity index (χ3n) is 3.54. The van der Waals surface area contributed by atoms with Gasteiger partial charge in [0.15, 0.2) is 0 Å². The monoisotopic (exact) mass is 247 g/mol. The molecule has 0 aliphatic carbocycles. The molecule has 1 heterocycles. The Morgan fingerprint density at radius 2 is 2.17 bits per heavy atom. The van der Waals surface area contributed by atoms with E-state index in [1.54, 1.807) is 0 Å². The summed E-state index contributed by atoms with van der Waals surface area (Å²) in [5.41, 5.74) is 8.77. The maximum atomic E-state index is 12.0. The number of hydrogen-bond donors (Lipinski definition) is 2. The van der Waals surface area contributed by atoms with Crippen LogP contribution in [0.4, 0.5) is 11.4 Å². The van der Waals surface area contributed by atoms with E-state index in [2.05, 4.69) is 37.4 Å². The van der Waals surface area contributed by atoms with Crippen LogP contribution in [-0.4, -0.2) is 25.5 Å². The first-order valence-electron chi connectivity index (χ1n) is 6.42. The third kappa shape index (κ3) is 2.20. The van der Waals surface area contributed by atoms with Crippen molar-refractivity contribution in [2.24, 2.45) is 5.73 Å². The van der Waals surface area contributed by atoms with Crippen LogP contribution in [-0.2, 0) is 4.79 Å². The van der Waals surface area contributed by atoms with Gasteiger partial charge < -0.3 is 16.0 Å². The maximum Gasteiger partial charge on any atom is 0.247 e. The van der Waals surface area contributed by atoms with Crippen molar-refractivity contribution in [3.05, 3.63) is 23.8 Å². The van der Waals surface area contributed by atoms with Gasteiger partial charge in [-0.2, -0.15) is 0 Å². The van der Waals surface area contributed by atoms with Crippen molar-refractivity contribution < 1.29 is 4.79 Å². The molecule has 0 saturated carbocycles. The van der Waals surface area contributed by atoms with Crippen LogP contribution < -0.4 is 16.0 Å². The Morgan fingerprint density at radius 1 is 1.44 bits per heavy atom. The van der Waals surface area contributed by atoms with E-state index >= 15 is 0 Å². The van der Waals surface area contributed by atoms with E-state index in [0.29, 0.717) is 18.9 Å². The molecule has 1 aromatic carbocycles. The largest absolute Gasteiger partial charge is 0.361 e. The fraction of sp³-hybridized carbons (Fsp3) is 0.500. The Bertz CT molecular complexity index is 456. The number of carbonyl (C=O) groups is 1. The lowest BCUT2D eigenvalue weighted by molar-refractivity contribution is -0.117. The molecular formula is C14H21N3O. The van der Waals surface area contributed by atoms with Gasteiger partial charge in [-0.05, 0) is 36.6 Å². The highest BCUT2D eigenvalue weighted by atomic mass is 16.2. The van der Waals surface area contributed by atoms with Gasteiger partial charge in [-0.25, -0.2) is 0 Å². The van der Waals surface area contributed by atoms with Crippen LogP contribution in [0.25, 0.3) is 0 Å². The van der Waals surface area contributed by atoms with Crippen molar-refractivity contribution >= 4 is 17.3 Å². The molecule has 1 unspecified atom stereocenters. The van der Waals surface area contributed by atoms with Crippen LogP contribution in [0, 0.1) is 0 Å². The minimum atomic E-state index is -0.160. The molecule has 0 bridgehead atoms. The summed E-state index contributed by atoms with van der Waals surface area (Å²) in [7, 11) is 1.95. The summed E-state index contributed by atoms with van der Waals surface area (Å²) in [5, 5.41) is 2.98. The van der Waals surface area contributed by atoms with Crippen LogP contribution in [0.5, 0.6) is 0 Å². The van der Waals surface area contributed by atoms with Crippen molar-refractivity contribution in [1.29, 1.82) is 0 Å². The van der Waals surface area contributed by atoms with E-state index in [-0.39, 0.29) is 11.9 Å². The predicted octanol–water partition coefficient (Wildman–Crippen LogP) is 1.92. The van der Waals surface area contributed by atoms with Crippen LogP contribution in [0.2, 0.25) is 0 Å². The van der Waals surface area contributed by atoms with Crippen molar-refractivity contribution in [3.63, 3.8) is 0 Å². The normalized spacial score (nSPS) is 18.8. The number of hydrogen-bond acceptors (Lipinski definition) is 3. The van der Waals surface area contributed by atoms with Gasteiger partial charge in [0.2, 0.25) is 5.91 Å². The van der Waals surface area contributed by atoms with Crippen molar-refractivity contribution in [1.82, 2.24) is 0 Å². The average Bonchev–Trinajstić information content (AvgIpc) is 2.33. The Hall–Kier alpha value is -1.55. The van der Waals surface area contributed by atoms with E-state index in [0.717, 1.165) is 11.4 Å². The molecule has 0 aromatic heterocycles. The quantitative estimate of drug-likeness (QED) is 0.858. The van der Waals surface area contributed by atoms with Crippen LogP contribution >= 0.6 is 0 Å². The molecule has 1 amide bonds. The van der Waals surface area contributed by atoms with Crippen LogP contribution in [0.1, 0.15) is 31.7 Å². The van der Waals surface area contributed by atoms with Crippen LogP contribution in [0.3, 0.4) is 0 Å². The molecule has 1 aliphatic heterocycles. The van der Waals surface area contributed by atoms with Gasteiger partial charge in [0.05, 0.1) is 11.4 Å². The molecule has 0 spiro atoms. The van der Waals surface area contributed by atoms with E-state index in [9.17, 15) is 4.79 Å². The van der Waals surface area contributed by atoms with E-state index in [1.807, 2.05) is 11.9 Å². The zero-order chi connectivity index (χ0) is 13.3. The summed E-state index contributed by atoms with van der Waals surface area (Å²) >= 11 is 0. The highest BCUT2D eigenvalue weighted by Gasteiger charge is 2.29. The summed E-state index contributed by atoms with van der Waals surface area (Å²) in [4.78, 5) is 14.0. The summed E-state index contributed by atoms with van der Waals surface area (Å²) in [6, 6.07) is 6.10. The lowest BCUT2D eigenvalue weighted by Crippen LogP contribution is -2.47. The molecule has 4 nitrogen and oxygen atoms in total. The van der Waals surface area contributed by atoms with E-state index in [4.69, 9.17) is 5.73 Å². The molecule has 1 aliphatic rings. The molecule has 0 radical (unpaired) electrons. The van der Waals surface area contributed by atoms with Gasteiger partial charge in [-0.1, -0.05) is 19.9 Å². The Kier molecular flexibility index (Phi) is 3.57. The summed E-state index contributed by atoms with van der Waals surface area (Å²) in [6.07, 6.45) is 0.674. The zero-order valence-corrected chi connectivity index (χ0v) is 11.2. The van der Waals surface area contributed by atoms with Crippen LogP contribution in [0.15, 0.2) is 18.2 Å². The van der Waals surface area contributed by atoms with Gasteiger partial charge in [-0.15, -0.1) is 0 Å². The zero-order valence-electron chi connectivity index (χ0n) is 11.2. The summed E-state index contributed by atoms with van der Waals surface area (Å²) in [5.74, 6) is 0.496. The van der Waals surface area contributed by atoms with Gasteiger partial charge in [0, 0.05) is 7.05 Å². The number of carbonyl (C=O) groups excluding carboxylic acids is 1. The number of likely N-dealkylation sites (N-methyl/N-ethyl adjacent to an activating group) is 1. The molecule has 1 atom stereocenters. The Balaban J connectivity index is 2.36. The second-order valence-corrected chi connectivity index (χ2v) is 5.12. The van der Waals surface area contributed by atoms with Crippen molar-refractivity contribution in [2.45, 2.75) is 32.2 Å². The average molecular weight is 247 g/mol. The molecule has 1 aromatic rings. The number of anilines is 2. The highest BCUT2D eigenvalue weighted by Crippen LogP contribution is 2.34. The lowest BCUT2D eigenvalue weighted by Gasteiger charge is -2.35. The number of amides is 1. The number of nitrogens with two attached hydrogens (primary N) is 1. The third-order valence-corrected chi connectivity index (χ3v) is 3.54. The van der Waals surface area contributed by atoms with Crippen molar-refractivity contribution in [3.8, 4) is 0 Å². The standard InChI is InChI=1S/C14H21N3O/c1-9(2)10-4-5-12-11(8-10)16-14(18)13(6-7-15)17(12)3/h4-5,8-9,13H,6-7,15H2,1-3H3,(H,16,18). The first kappa shape index (κ1) is 12.9. The number of fused-ring (bicyclic) bond motifs is 1. The van der Waals surface area contributed by atoms with E-state index in [1.165, 1.54) is 5.56 Å². The SMILES string of the molecule is CC(C)c1ccc2c(c1)NC(=O)C(CCN)N2C. The maximum absolute atomic E-state index is 12.0. The fourth-order valence-electron chi connectivity index (χ4n) is 2.36. The molecule has 0 saturated heterocycles. The molecule has 4 heteroatoms. The molecule has 18 heavy (non-hydrogen) atoms. The van der Waals surface area contributed by atoms with E-state index < -0.39 is 0 Å². The minimum Gasteiger partial charge on any atom is -0.361 e. The van der Waals surface area contributed by atoms with Gasteiger partial charge >= 0.3 is 0 Å². The molecular weight excluding hydrogens is 226 g/mol. The molecule has 2 rings (SSSR count). The Labute approximate surface area is 108 Å². The van der Waals surface area contributed by atoms with Gasteiger partial charge in [0.25, 0.3) is 0 Å². The predicted molar refractivity (Wildman–Crippen MR) is 75.0 cm³/mol. The second kappa shape index (κ2) is 4.98. The molecule has 98 valence electrons. The number of nitrogens with one attached hydrogen (secondary N) is 1. The molecule has 0 fully saturated rings. The smallest absolute Gasteiger partial charge is 0.247 e. The van der Waals surface area contributed by atoms with Gasteiger partial charge in [0.1, 0.15) is 6.04 Å². The fourth-order valence-corrected chi connectivity index (χ4v) is 2.36. The topological polar surface area (TPSA) is 58.4 Å². The first-order valence-corrected chi connectivity index (χ1v) is 6.42. The number of rotatable bonds is 3. The number of benzene rings is 1. The second-order valence-electron chi connectivity index (χ2n) is 5.12. The summed E-state index contributed by atoms with van der Waals surface area (Å²) < 4.78 is 0. The van der Waals surface area contributed by atoms with Gasteiger partial charge in [-0.3, -0.25) is 4.79 Å². The Morgan fingerprint density at radius 3 is 2.78 bits per heavy atom. The summed E-state index contributed by atoms with van der Waals surface area (Å²) in [6.45, 7) is 4.81. The molecule has 3 N–H and O–H groups in total. The highest BCUT2D eigenvalue weighted by molar-refractivity contribution is 6.03. The van der Waals surface area contributed by atoms with Crippen molar-refractivity contribution in [2.75, 3.05) is 23.8 Å². The minimum absolute atomic E-state index is 0.0383. The first-order chi connectivity index (χ1) is 8.54.